The summed E-state index contributed by atoms with van der Waals surface area (Å²) in [4.78, 5) is 25.5. The van der Waals surface area contributed by atoms with Crippen molar-refractivity contribution in [2.75, 3.05) is 0 Å². The number of benzene rings is 2. The number of carbonyl (C=O) groups is 1. The molecule has 31 heavy (non-hydrogen) atoms. The van der Waals surface area contributed by atoms with Crippen molar-refractivity contribution < 1.29 is 19.0 Å². The van der Waals surface area contributed by atoms with Gasteiger partial charge in [-0.25, -0.2) is 9.18 Å². The summed E-state index contributed by atoms with van der Waals surface area (Å²) in [6, 6.07) is 9.67. The molecule has 5 nitrogen and oxygen atoms in total. The van der Waals surface area contributed by atoms with Crippen LogP contribution in [0.5, 0.6) is 0 Å². The van der Waals surface area contributed by atoms with Gasteiger partial charge in [-0.05, 0) is 74.4 Å². The van der Waals surface area contributed by atoms with Gasteiger partial charge in [-0.1, -0.05) is 25.1 Å². The first-order valence-corrected chi connectivity index (χ1v) is 10.3. The first-order chi connectivity index (χ1) is 14.5. The van der Waals surface area contributed by atoms with Gasteiger partial charge in [-0.3, -0.25) is 4.79 Å². The summed E-state index contributed by atoms with van der Waals surface area (Å²) in [5.41, 5.74) is 2.32. The molecule has 0 spiro atoms. The summed E-state index contributed by atoms with van der Waals surface area (Å²) in [6.07, 6.45) is -0.830. The molecule has 1 atom stereocenters. The molecule has 0 radical (unpaired) electrons. The molecular formula is C25H28FNO4. The fraction of sp³-hybridized carbons (Fsp3) is 0.360. The van der Waals surface area contributed by atoms with Crippen molar-refractivity contribution >= 4 is 16.7 Å². The number of halogens is 1. The number of hydrogen-bond donors (Lipinski definition) is 1. The Labute approximate surface area is 181 Å². The molecule has 0 saturated heterocycles. The first-order valence-electron chi connectivity index (χ1n) is 10.3. The summed E-state index contributed by atoms with van der Waals surface area (Å²) >= 11 is 0. The summed E-state index contributed by atoms with van der Waals surface area (Å²) < 4.78 is 21.6. The van der Waals surface area contributed by atoms with E-state index in [2.05, 4.69) is 0 Å². The Kier molecular flexibility index (Phi) is 6.05. The van der Waals surface area contributed by atoms with Crippen LogP contribution >= 0.6 is 0 Å². The molecule has 6 heteroatoms. The highest BCUT2D eigenvalue weighted by Gasteiger charge is 2.34. The highest BCUT2D eigenvalue weighted by molar-refractivity contribution is 5.99. The lowest BCUT2D eigenvalue weighted by atomic mass is 9.92. The number of aryl methyl sites for hydroxylation is 2. The average molecular weight is 426 g/mol. The van der Waals surface area contributed by atoms with E-state index >= 15 is 0 Å². The molecule has 164 valence electrons. The molecule has 1 N–H and O–H groups in total. The highest BCUT2D eigenvalue weighted by Crippen LogP contribution is 2.38. The van der Waals surface area contributed by atoms with Crippen LogP contribution < -0.4 is 5.56 Å². The third kappa shape index (κ3) is 4.26. The van der Waals surface area contributed by atoms with Crippen LogP contribution in [0.3, 0.4) is 0 Å². The predicted molar refractivity (Wildman–Crippen MR) is 120 cm³/mol. The lowest BCUT2D eigenvalue weighted by Gasteiger charge is -2.30. The van der Waals surface area contributed by atoms with E-state index in [1.807, 2.05) is 39.0 Å². The average Bonchev–Trinajstić information content (AvgIpc) is 2.71. The zero-order chi connectivity index (χ0) is 23.1. The zero-order valence-corrected chi connectivity index (χ0v) is 18.7. The van der Waals surface area contributed by atoms with E-state index in [-0.39, 0.29) is 5.69 Å². The van der Waals surface area contributed by atoms with Crippen LogP contribution in [0.2, 0.25) is 0 Å². The van der Waals surface area contributed by atoms with E-state index in [1.165, 1.54) is 29.8 Å². The van der Waals surface area contributed by atoms with Crippen LogP contribution in [-0.4, -0.2) is 21.2 Å². The van der Waals surface area contributed by atoms with Crippen LogP contribution in [0.1, 0.15) is 50.1 Å². The van der Waals surface area contributed by atoms with Gasteiger partial charge in [0.25, 0.3) is 5.56 Å². The number of fused-ring (bicyclic) bond motifs is 1. The lowest BCUT2D eigenvalue weighted by Crippen LogP contribution is -2.34. The van der Waals surface area contributed by atoms with Gasteiger partial charge in [0.05, 0.1) is 11.3 Å². The third-order valence-corrected chi connectivity index (χ3v) is 5.96. The van der Waals surface area contributed by atoms with Crippen molar-refractivity contribution in [3.05, 3.63) is 69.4 Å². The molecule has 3 rings (SSSR count). The molecule has 1 aromatic heterocycles. The van der Waals surface area contributed by atoms with Crippen LogP contribution in [-0.2, 0) is 16.6 Å². The summed E-state index contributed by atoms with van der Waals surface area (Å²) in [6.45, 7) is 9.44. The Bertz CT molecular complexity index is 1230. The van der Waals surface area contributed by atoms with Gasteiger partial charge >= 0.3 is 5.97 Å². The normalized spacial score (nSPS) is 12.9. The maximum absolute atomic E-state index is 14.3. The fourth-order valence-corrected chi connectivity index (χ4v) is 3.64. The Hall–Kier alpha value is -2.99. The van der Waals surface area contributed by atoms with Gasteiger partial charge in [0, 0.05) is 18.0 Å². The number of nitrogens with zero attached hydrogens (tertiary/aromatic N) is 1. The number of carboxylic acids is 1. The SMILES string of the molecule is CCC(C)(C)OC(C(=O)O)c1c(-c2ccc(C)c(C)c2)c2cc(F)ccc2c(=O)n1C. The van der Waals surface area contributed by atoms with E-state index in [0.717, 1.165) is 11.1 Å². The maximum Gasteiger partial charge on any atom is 0.339 e. The van der Waals surface area contributed by atoms with Crippen molar-refractivity contribution in [1.82, 2.24) is 4.57 Å². The quantitative estimate of drug-likeness (QED) is 0.582. The standard InChI is InChI=1S/C25H28FNO4/c1-7-25(4,5)31-22(24(29)30)21-20(16-9-8-14(2)15(3)12-16)19-13-17(26)10-11-18(19)23(28)27(21)6/h8-13,22H,7H2,1-6H3,(H,29,30). The molecule has 2 aromatic carbocycles. The predicted octanol–water partition coefficient (Wildman–Crippen LogP) is 5.29. The largest absolute Gasteiger partial charge is 0.479 e. The van der Waals surface area contributed by atoms with Gasteiger partial charge in [0.15, 0.2) is 6.10 Å². The summed E-state index contributed by atoms with van der Waals surface area (Å²) in [7, 11) is 1.53. The van der Waals surface area contributed by atoms with E-state index in [4.69, 9.17) is 4.74 Å². The van der Waals surface area contributed by atoms with Gasteiger partial charge in [0.2, 0.25) is 0 Å². The second-order valence-electron chi connectivity index (χ2n) is 8.56. The van der Waals surface area contributed by atoms with Crippen LogP contribution in [0.15, 0.2) is 41.2 Å². The maximum atomic E-state index is 14.3. The molecular weight excluding hydrogens is 397 g/mol. The van der Waals surface area contributed by atoms with Crippen molar-refractivity contribution in [3.63, 3.8) is 0 Å². The molecule has 1 unspecified atom stereocenters. The third-order valence-electron chi connectivity index (χ3n) is 5.96. The topological polar surface area (TPSA) is 68.5 Å². The van der Waals surface area contributed by atoms with Crippen LogP contribution in [0.4, 0.5) is 4.39 Å². The van der Waals surface area contributed by atoms with E-state index < -0.39 is 29.1 Å². The Morgan fingerprint density at radius 2 is 1.81 bits per heavy atom. The van der Waals surface area contributed by atoms with Gasteiger partial charge < -0.3 is 14.4 Å². The molecule has 0 aliphatic rings. The minimum atomic E-state index is -1.41. The summed E-state index contributed by atoms with van der Waals surface area (Å²) in [5.74, 6) is -1.71. The minimum Gasteiger partial charge on any atom is -0.479 e. The number of hydrogen-bond acceptors (Lipinski definition) is 3. The monoisotopic (exact) mass is 425 g/mol. The molecule has 0 fully saturated rings. The molecule has 0 aliphatic carbocycles. The Balaban J connectivity index is 2.49. The van der Waals surface area contributed by atoms with Gasteiger partial charge in [-0.2, -0.15) is 0 Å². The van der Waals surface area contributed by atoms with Crippen molar-refractivity contribution in [2.45, 2.75) is 52.7 Å². The minimum absolute atomic E-state index is 0.195. The lowest BCUT2D eigenvalue weighted by molar-refractivity contribution is -0.163. The second-order valence-corrected chi connectivity index (χ2v) is 8.56. The smallest absolute Gasteiger partial charge is 0.339 e. The molecule has 3 aromatic rings. The molecule has 0 amide bonds. The first kappa shape index (κ1) is 22.7. The molecule has 0 saturated carbocycles. The van der Waals surface area contributed by atoms with Crippen LogP contribution in [0, 0.1) is 19.7 Å². The number of rotatable bonds is 6. The number of aliphatic carboxylic acids is 1. The van der Waals surface area contributed by atoms with E-state index in [0.29, 0.717) is 28.3 Å². The van der Waals surface area contributed by atoms with Crippen molar-refractivity contribution in [1.29, 1.82) is 0 Å². The molecule has 1 heterocycles. The van der Waals surface area contributed by atoms with E-state index in [1.54, 1.807) is 13.8 Å². The van der Waals surface area contributed by atoms with Crippen molar-refractivity contribution in [2.24, 2.45) is 7.05 Å². The van der Waals surface area contributed by atoms with Crippen molar-refractivity contribution in [3.8, 4) is 11.1 Å². The number of ether oxygens (including phenoxy) is 1. The molecule has 0 aliphatic heterocycles. The number of carboxylic acid groups (broad SMARTS) is 1. The van der Waals surface area contributed by atoms with Gasteiger partial charge in [0.1, 0.15) is 5.82 Å². The highest BCUT2D eigenvalue weighted by atomic mass is 19.1. The molecule has 0 bridgehead atoms. The van der Waals surface area contributed by atoms with E-state index in [9.17, 15) is 19.1 Å². The second kappa shape index (κ2) is 8.27. The fourth-order valence-electron chi connectivity index (χ4n) is 3.64. The Morgan fingerprint density at radius 1 is 1.13 bits per heavy atom. The summed E-state index contributed by atoms with van der Waals surface area (Å²) in [5, 5.41) is 10.8. The number of pyridine rings is 1. The number of aromatic nitrogens is 1. The van der Waals surface area contributed by atoms with Crippen LogP contribution in [0.25, 0.3) is 21.9 Å². The Morgan fingerprint density at radius 3 is 2.39 bits per heavy atom. The van der Waals surface area contributed by atoms with Gasteiger partial charge in [-0.15, -0.1) is 0 Å². The zero-order valence-electron chi connectivity index (χ0n) is 18.7.